The molecule has 2 heteroatoms. The number of carbonyl (C=O) groups is 1. The number of allylic oxidation sites excluding steroid dienone is 1. The van der Waals surface area contributed by atoms with Gasteiger partial charge in [-0.15, -0.1) is 0 Å². The van der Waals surface area contributed by atoms with Crippen molar-refractivity contribution >= 4 is 5.78 Å². The zero-order valence-corrected chi connectivity index (χ0v) is 30.9. The molecular weight excluding hydrogens is 548 g/mol. The molecule has 4 aliphatic carbocycles. The standard InChI is InChI=1S/C43H76O2/c1-6-7-8-9-10-11-12-13-14-15-16-17-18-22-36(44)31-33(2)20-19-21-34(3)39-25-26-40-38-24-23-35-32-37(45)27-29-42(35,4)41(38)28-30-43(39,40)5/h23,33-34,37-41,45H,6-22,24-32H2,1-5H3/t33?,34-,37+,38+,39-,40+,41+,42+,43-/m1/s1. The number of carbonyl (C=O) groups excluding carboxylic acids is 1. The van der Waals surface area contributed by atoms with Crippen molar-refractivity contribution in [2.24, 2.45) is 46.3 Å². The number of aliphatic hydroxyl groups is 1. The second-order valence-corrected chi connectivity index (χ2v) is 17.6. The Bertz CT molecular complexity index is 906. The van der Waals surface area contributed by atoms with Crippen LogP contribution in [0.4, 0.5) is 0 Å². The average molecular weight is 625 g/mol. The molecule has 0 bridgehead atoms. The van der Waals surface area contributed by atoms with E-state index in [1.165, 1.54) is 135 Å². The molecule has 0 saturated heterocycles. The van der Waals surface area contributed by atoms with E-state index in [1.54, 1.807) is 5.57 Å². The van der Waals surface area contributed by atoms with Crippen molar-refractivity contribution < 1.29 is 9.90 Å². The molecule has 3 fully saturated rings. The van der Waals surface area contributed by atoms with Gasteiger partial charge in [0.25, 0.3) is 0 Å². The highest BCUT2D eigenvalue weighted by Crippen LogP contribution is 2.67. The van der Waals surface area contributed by atoms with Crippen molar-refractivity contribution in [2.75, 3.05) is 0 Å². The summed E-state index contributed by atoms with van der Waals surface area (Å²) in [5.41, 5.74) is 2.48. The zero-order valence-electron chi connectivity index (χ0n) is 30.9. The summed E-state index contributed by atoms with van der Waals surface area (Å²) in [6.45, 7) is 12.4. The highest BCUT2D eigenvalue weighted by Gasteiger charge is 2.59. The van der Waals surface area contributed by atoms with Crippen molar-refractivity contribution in [3.8, 4) is 0 Å². The monoisotopic (exact) mass is 625 g/mol. The number of rotatable bonds is 21. The van der Waals surface area contributed by atoms with Crippen LogP contribution < -0.4 is 0 Å². The van der Waals surface area contributed by atoms with Gasteiger partial charge in [-0.25, -0.2) is 0 Å². The van der Waals surface area contributed by atoms with Gasteiger partial charge < -0.3 is 5.11 Å². The van der Waals surface area contributed by atoms with Crippen molar-refractivity contribution in [2.45, 2.75) is 208 Å². The maximum Gasteiger partial charge on any atom is 0.133 e. The first kappa shape index (κ1) is 37.2. The van der Waals surface area contributed by atoms with E-state index in [-0.39, 0.29) is 6.10 Å². The van der Waals surface area contributed by atoms with Crippen LogP contribution in [0, 0.1) is 46.3 Å². The van der Waals surface area contributed by atoms with Crippen LogP contribution in [0.3, 0.4) is 0 Å². The lowest BCUT2D eigenvalue weighted by atomic mass is 9.47. The topological polar surface area (TPSA) is 37.3 Å². The zero-order chi connectivity index (χ0) is 32.3. The average Bonchev–Trinajstić information content (AvgIpc) is 3.37. The van der Waals surface area contributed by atoms with Crippen LogP contribution in [0.5, 0.6) is 0 Å². The molecule has 1 N–H and O–H groups in total. The Hall–Kier alpha value is -0.630. The summed E-state index contributed by atoms with van der Waals surface area (Å²) in [5, 5.41) is 10.3. The smallest absolute Gasteiger partial charge is 0.133 e. The molecule has 1 unspecified atom stereocenters. The van der Waals surface area contributed by atoms with E-state index in [1.807, 2.05) is 0 Å². The summed E-state index contributed by atoms with van der Waals surface area (Å²) in [4.78, 5) is 12.7. The fourth-order valence-electron chi connectivity index (χ4n) is 11.5. The van der Waals surface area contributed by atoms with Gasteiger partial charge in [0.05, 0.1) is 6.10 Å². The number of ketones is 1. The first-order valence-electron chi connectivity index (χ1n) is 20.6. The molecule has 3 saturated carbocycles. The number of hydrogen-bond donors (Lipinski definition) is 1. The van der Waals surface area contributed by atoms with Gasteiger partial charge in [0, 0.05) is 12.8 Å². The van der Waals surface area contributed by atoms with E-state index in [2.05, 4.69) is 40.7 Å². The summed E-state index contributed by atoms with van der Waals surface area (Å²) in [6.07, 6.45) is 35.9. The van der Waals surface area contributed by atoms with Gasteiger partial charge >= 0.3 is 0 Å². The Kier molecular flexibility index (Phi) is 15.1. The Morgan fingerprint density at radius 2 is 1.44 bits per heavy atom. The Morgan fingerprint density at radius 1 is 0.800 bits per heavy atom. The molecule has 0 spiro atoms. The van der Waals surface area contributed by atoms with Gasteiger partial charge in [0.15, 0.2) is 0 Å². The minimum atomic E-state index is -0.101. The van der Waals surface area contributed by atoms with Crippen LogP contribution in [0.15, 0.2) is 11.6 Å². The molecule has 4 rings (SSSR count). The Morgan fingerprint density at radius 3 is 2.11 bits per heavy atom. The molecule has 0 heterocycles. The van der Waals surface area contributed by atoms with Gasteiger partial charge in [-0.2, -0.15) is 0 Å². The molecule has 0 aromatic heterocycles. The van der Waals surface area contributed by atoms with Crippen LogP contribution in [-0.4, -0.2) is 17.0 Å². The summed E-state index contributed by atoms with van der Waals surface area (Å²) in [5.74, 6) is 5.36. The quantitative estimate of drug-likeness (QED) is 0.102. The minimum Gasteiger partial charge on any atom is -0.393 e. The largest absolute Gasteiger partial charge is 0.393 e. The van der Waals surface area contributed by atoms with Crippen molar-refractivity contribution in [3.05, 3.63) is 11.6 Å². The highest BCUT2D eigenvalue weighted by atomic mass is 16.3. The van der Waals surface area contributed by atoms with Crippen molar-refractivity contribution in [1.29, 1.82) is 0 Å². The van der Waals surface area contributed by atoms with Crippen LogP contribution in [-0.2, 0) is 4.79 Å². The van der Waals surface area contributed by atoms with Gasteiger partial charge in [-0.3, -0.25) is 4.79 Å². The second kappa shape index (κ2) is 18.2. The number of hydrogen-bond acceptors (Lipinski definition) is 2. The molecule has 45 heavy (non-hydrogen) atoms. The maximum absolute atomic E-state index is 12.7. The van der Waals surface area contributed by atoms with E-state index < -0.39 is 0 Å². The molecule has 2 nitrogen and oxygen atoms in total. The van der Waals surface area contributed by atoms with Gasteiger partial charge in [0.1, 0.15) is 5.78 Å². The highest BCUT2D eigenvalue weighted by molar-refractivity contribution is 5.78. The van der Waals surface area contributed by atoms with Gasteiger partial charge in [0.2, 0.25) is 0 Å². The van der Waals surface area contributed by atoms with Crippen LogP contribution >= 0.6 is 0 Å². The van der Waals surface area contributed by atoms with E-state index >= 15 is 0 Å². The lowest BCUT2D eigenvalue weighted by molar-refractivity contribution is -0.120. The summed E-state index contributed by atoms with van der Waals surface area (Å²) < 4.78 is 0. The lowest BCUT2D eigenvalue weighted by Crippen LogP contribution is -2.50. The first-order valence-corrected chi connectivity index (χ1v) is 20.6. The summed E-state index contributed by atoms with van der Waals surface area (Å²) in [6, 6.07) is 0. The summed E-state index contributed by atoms with van der Waals surface area (Å²) in [7, 11) is 0. The number of Topliss-reactive ketones (excluding diaryl/α,β-unsaturated/α-hetero) is 1. The molecule has 0 aromatic carbocycles. The number of unbranched alkanes of at least 4 members (excludes halogenated alkanes) is 12. The molecule has 9 atom stereocenters. The van der Waals surface area contributed by atoms with Crippen LogP contribution in [0.2, 0.25) is 0 Å². The summed E-state index contributed by atoms with van der Waals surface area (Å²) >= 11 is 0. The van der Waals surface area contributed by atoms with Crippen molar-refractivity contribution in [1.82, 2.24) is 0 Å². The van der Waals surface area contributed by atoms with E-state index in [9.17, 15) is 9.90 Å². The third kappa shape index (κ3) is 9.95. The molecule has 0 amide bonds. The van der Waals surface area contributed by atoms with E-state index in [4.69, 9.17) is 0 Å². The lowest BCUT2D eigenvalue weighted by Gasteiger charge is -2.58. The molecule has 0 aliphatic heterocycles. The van der Waals surface area contributed by atoms with Crippen LogP contribution in [0.25, 0.3) is 0 Å². The molecule has 260 valence electrons. The predicted molar refractivity (Wildman–Crippen MR) is 193 cm³/mol. The minimum absolute atomic E-state index is 0.101. The Balaban J connectivity index is 1.06. The van der Waals surface area contributed by atoms with Crippen molar-refractivity contribution in [3.63, 3.8) is 0 Å². The molecular formula is C43H76O2. The maximum atomic E-state index is 12.7. The van der Waals surface area contributed by atoms with Gasteiger partial charge in [-0.05, 0) is 104 Å². The fourth-order valence-corrected chi connectivity index (χ4v) is 11.5. The number of fused-ring (bicyclic) bond motifs is 5. The van der Waals surface area contributed by atoms with Gasteiger partial charge in [-0.1, -0.05) is 143 Å². The molecule has 4 aliphatic rings. The fraction of sp³-hybridized carbons (Fsp3) is 0.930. The predicted octanol–water partition coefficient (Wildman–Crippen LogP) is 12.8. The van der Waals surface area contributed by atoms with E-state index in [0.717, 1.165) is 61.7 Å². The molecule has 0 radical (unpaired) electrons. The number of aliphatic hydroxyl groups excluding tert-OH is 1. The SMILES string of the molecule is CCCCCCCCCCCCCCCC(=O)CC(C)CCC[C@@H](C)[C@H]1CC[C@H]2[C@@H]3CC=C4C[C@@H](O)CC[C@]4(C)[C@H]3CC[C@]12C. The third-order valence-electron chi connectivity index (χ3n) is 14.3. The normalized spacial score (nSPS) is 34.0. The Labute approximate surface area is 280 Å². The first-order chi connectivity index (χ1) is 21.7. The van der Waals surface area contributed by atoms with Crippen LogP contribution in [0.1, 0.15) is 202 Å². The van der Waals surface area contributed by atoms with E-state index in [0.29, 0.717) is 22.5 Å². The second-order valence-electron chi connectivity index (χ2n) is 17.6. The molecule has 0 aromatic rings. The third-order valence-corrected chi connectivity index (χ3v) is 14.3.